The molecule has 2 heterocycles. The number of imide groups is 1. The lowest BCUT2D eigenvalue weighted by Gasteiger charge is -2.09. The van der Waals surface area contributed by atoms with Gasteiger partial charge in [0.25, 0.3) is 11.8 Å². The number of amides is 3. The van der Waals surface area contributed by atoms with Crippen LogP contribution in [0.2, 0.25) is 0 Å². The van der Waals surface area contributed by atoms with Crippen LogP contribution in [0, 0.1) is 13.8 Å². The van der Waals surface area contributed by atoms with Crippen molar-refractivity contribution in [1.82, 2.24) is 15.2 Å². The summed E-state index contributed by atoms with van der Waals surface area (Å²) in [6, 6.07) is 7.06. The topological polar surface area (TPSA) is 131 Å². The highest BCUT2D eigenvalue weighted by Gasteiger charge is 2.35. The molecule has 3 amide bonds. The molecule has 0 atom stereocenters. The third kappa shape index (κ3) is 4.22. The average Bonchev–Trinajstić information content (AvgIpc) is 2.90. The summed E-state index contributed by atoms with van der Waals surface area (Å²) < 4.78 is 0. The van der Waals surface area contributed by atoms with E-state index >= 15 is 0 Å². The highest BCUT2D eigenvalue weighted by atomic mass is 16.2. The first-order chi connectivity index (χ1) is 14.2. The van der Waals surface area contributed by atoms with E-state index in [1.807, 2.05) is 19.1 Å². The Morgan fingerprint density at radius 2 is 1.87 bits per heavy atom. The molecule has 3 rings (SSSR count). The zero-order valence-corrected chi connectivity index (χ0v) is 17.0. The minimum Gasteiger partial charge on any atom is -0.398 e. The van der Waals surface area contributed by atoms with Crippen molar-refractivity contribution in [3.63, 3.8) is 0 Å². The number of nitrogens with zero attached hydrogens (tertiary/aromatic N) is 2. The Morgan fingerprint density at radius 1 is 1.13 bits per heavy atom. The SMILES string of the molecule is Cc1cc(CC(=O)N/C(N)=C/C=C(\N)c2ccc(C)nc2)c2c(c1)C(=O)N(C)C2=O. The van der Waals surface area contributed by atoms with Crippen molar-refractivity contribution in [1.29, 1.82) is 0 Å². The Bertz CT molecular complexity index is 1100. The molecule has 0 bridgehead atoms. The maximum absolute atomic E-state index is 12.5. The zero-order chi connectivity index (χ0) is 22.0. The summed E-state index contributed by atoms with van der Waals surface area (Å²) in [6.45, 7) is 3.68. The summed E-state index contributed by atoms with van der Waals surface area (Å²) in [7, 11) is 1.42. The summed E-state index contributed by atoms with van der Waals surface area (Å²) in [4.78, 5) is 42.3. The number of carbonyl (C=O) groups excluding carboxylic acids is 3. The lowest BCUT2D eigenvalue weighted by atomic mass is 9.97. The van der Waals surface area contributed by atoms with E-state index in [2.05, 4.69) is 10.3 Å². The average molecular weight is 405 g/mol. The van der Waals surface area contributed by atoms with Crippen LogP contribution in [0.1, 0.15) is 43.1 Å². The van der Waals surface area contributed by atoms with E-state index in [1.165, 1.54) is 13.1 Å². The second kappa shape index (κ2) is 8.20. The van der Waals surface area contributed by atoms with E-state index < -0.39 is 11.8 Å². The van der Waals surface area contributed by atoms with Crippen LogP contribution in [0.25, 0.3) is 5.70 Å². The van der Waals surface area contributed by atoms with Crippen LogP contribution < -0.4 is 16.8 Å². The van der Waals surface area contributed by atoms with Crippen LogP contribution in [-0.4, -0.2) is 34.7 Å². The molecule has 0 aliphatic carbocycles. The van der Waals surface area contributed by atoms with Crippen LogP contribution in [0.3, 0.4) is 0 Å². The number of aromatic nitrogens is 1. The number of nitrogens with two attached hydrogens (primary N) is 2. The molecule has 30 heavy (non-hydrogen) atoms. The Labute approximate surface area is 174 Å². The molecule has 1 aliphatic rings. The lowest BCUT2D eigenvalue weighted by Crippen LogP contribution is -2.29. The molecule has 1 aliphatic heterocycles. The van der Waals surface area contributed by atoms with Gasteiger partial charge in [-0.2, -0.15) is 0 Å². The van der Waals surface area contributed by atoms with Gasteiger partial charge >= 0.3 is 0 Å². The number of pyridine rings is 1. The molecule has 0 radical (unpaired) electrons. The lowest BCUT2D eigenvalue weighted by molar-refractivity contribution is -0.119. The Balaban J connectivity index is 1.73. The number of rotatable bonds is 5. The van der Waals surface area contributed by atoms with Crippen molar-refractivity contribution in [2.45, 2.75) is 20.3 Å². The molecule has 1 aromatic carbocycles. The number of hydrogen-bond acceptors (Lipinski definition) is 6. The van der Waals surface area contributed by atoms with Crippen molar-refractivity contribution in [2.24, 2.45) is 11.5 Å². The molecule has 0 saturated carbocycles. The van der Waals surface area contributed by atoms with Crippen molar-refractivity contribution >= 4 is 23.4 Å². The smallest absolute Gasteiger partial charge is 0.261 e. The van der Waals surface area contributed by atoms with E-state index in [4.69, 9.17) is 11.5 Å². The number of aryl methyl sites for hydroxylation is 2. The van der Waals surface area contributed by atoms with Gasteiger partial charge in [0.05, 0.1) is 17.5 Å². The summed E-state index contributed by atoms with van der Waals surface area (Å²) in [5.41, 5.74) is 15.8. The Morgan fingerprint density at radius 3 is 2.53 bits per heavy atom. The molecule has 8 nitrogen and oxygen atoms in total. The first kappa shape index (κ1) is 20.8. The summed E-state index contributed by atoms with van der Waals surface area (Å²) in [5, 5.41) is 2.57. The van der Waals surface area contributed by atoms with Gasteiger partial charge in [-0.1, -0.05) is 6.07 Å². The van der Waals surface area contributed by atoms with Crippen molar-refractivity contribution in [2.75, 3.05) is 7.05 Å². The third-order valence-electron chi connectivity index (χ3n) is 4.74. The first-order valence-electron chi connectivity index (χ1n) is 9.29. The fraction of sp³-hybridized carbons (Fsp3) is 0.182. The quantitative estimate of drug-likeness (QED) is 0.509. The normalized spacial score (nSPS) is 14.2. The number of allylic oxidation sites excluding steroid dienone is 2. The van der Waals surface area contributed by atoms with Crippen LogP contribution in [0.4, 0.5) is 0 Å². The van der Waals surface area contributed by atoms with E-state index in [-0.39, 0.29) is 23.7 Å². The molecule has 2 aromatic rings. The van der Waals surface area contributed by atoms with Gasteiger partial charge in [0.2, 0.25) is 5.91 Å². The highest BCUT2D eigenvalue weighted by Crippen LogP contribution is 2.27. The van der Waals surface area contributed by atoms with Crippen LogP contribution in [0.15, 0.2) is 48.4 Å². The van der Waals surface area contributed by atoms with E-state index in [9.17, 15) is 14.4 Å². The molecule has 0 saturated heterocycles. The third-order valence-corrected chi connectivity index (χ3v) is 4.74. The van der Waals surface area contributed by atoms with Crippen LogP contribution in [-0.2, 0) is 11.2 Å². The molecule has 0 fully saturated rings. The fourth-order valence-corrected chi connectivity index (χ4v) is 3.20. The number of nitrogens with one attached hydrogen (secondary N) is 1. The van der Waals surface area contributed by atoms with Gasteiger partial charge < -0.3 is 16.8 Å². The summed E-state index contributed by atoms with van der Waals surface area (Å²) in [5.74, 6) is -1.09. The number of hydrogen-bond donors (Lipinski definition) is 3. The standard InChI is InChI=1S/C22H23N5O3/c1-12-8-15(20-16(9-12)21(29)27(3)22(20)30)10-19(28)26-18(24)7-6-17(23)14-5-4-13(2)25-11-14/h4-9,11H,10,23-24H2,1-3H3,(H,26,28)/b17-6-,18-7+. The van der Waals surface area contributed by atoms with Crippen molar-refractivity contribution < 1.29 is 14.4 Å². The van der Waals surface area contributed by atoms with Crippen LogP contribution in [0.5, 0.6) is 0 Å². The first-order valence-corrected chi connectivity index (χ1v) is 9.29. The van der Waals surface area contributed by atoms with Gasteiger partial charge in [0.15, 0.2) is 0 Å². The fourth-order valence-electron chi connectivity index (χ4n) is 3.20. The molecular formula is C22H23N5O3. The molecular weight excluding hydrogens is 382 g/mol. The van der Waals surface area contributed by atoms with E-state index in [0.717, 1.165) is 21.7 Å². The molecule has 154 valence electrons. The van der Waals surface area contributed by atoms with Gasteiger partial charge in [-0.3, -0.25) is 24.3 Å². The Hall–Kier alpha value is -3.94. The predicted octanol–water partition coefficient (Wildman–Crippen LogP) is 1.38. The van der Waals surface area contributed by atoms with Gasteiger partial charge in [0.1, 0.15) is 5.82 Å². The number of carbonyl (C=O) groups is 3. The van der Waals surface area contributed by atoms with Gasteiger partial charge in [-0.15, -0.1) is 0 Å². The maximum atomic E-state index is 12.5. The molecule has 8 heteroatoms. The van der Waals surface area contributed by atoms with Crippen molar-refractivity contribution in [3.8, 4) is 0 Å². The maximum Gasteiger partial charge on any atom is 0.261 e. The summed E-state index contributed by atoms with van der Waals surface area (Å²) >= 11 is 0. The molecule has 0 unspecified atom stereocenters. The van der Waals surface area contributed by atoms with E-state index in [1.54, 1.807) is 31.3 Å². The molecule has 5 N–H and O–H groups in total. The molecule has 1 aromatic heterocycles. The van der Waals surface area contributed by atoms with Crippen LogP contribution >= 0.6 is 0 Å². The highest BCUT2D eigenvalue weighted by molar-refractivity contribution is 6.22. The monoisotopic (exact) mass is 405 g/mol. The number of fused-ring (bicyclic) bond motifs is 1. The second-order valence-corrected chi connectivity index (χ2v) is 7.17. The Kier molecular flexibility index (Phi) is 5.68. The van der Waals surface area contributed by atoms with Crippen molar-refractivity contribution in [3.05, 3.63) is 81.9 Å². The second-order valence-electron chi connectivity index (χ2n) is 7.17. The summed E-state index contributed by atoms with van der Waals surface area (Å²) in [6.07, 6.45) is 4.61. The van der Waals surface area contributed by atoms with Gasteiger partial charge in [-0.05, 0) is 55.3 Å². The number of benzene rings is 1. The minimum atomic E-state index is -0.413. The molecule has 0 spiro atoms. The zero-order valence-electron chi connectivity index (χ0n) is 17.0. The van der Waals surface area contributed by atoms with Gasteiger partial charge in [0, 0.05) is 30.2 Å². The van der Waals surface area contributed by atoms with E-state index in [0.29, 0.717) is 16.8 Å². The largest absolute Gasteiger partial charge is 0.398 e. The van der Waals surface area contributed by atoms with Gasteiger partial charge in [-0.25, -0.2) is 0 Å². The minimum absolute atomic E-state index is 0.0908. The predicted molar refractivity (Wildman–Crippen MR) is 113 cm³/mol.